The molecule has 1 unspecified atom stereocenters. The largest absolute Gasteiger partial charge is 0.496 e. The highest BCUT2D eigenvalue weighted by atomic mass is 16.5. The van der Waals surface area contributed by atoms with Crippen LogP contribution in [0.3, 0.4) is 0 Å². The molecule has 1 aliphatic carbocycles. The summed E-state index contributed by atoms with van der Waals surface area (Å²) in [5.74, 6) is 1.67. The maximum atomic E-state index is 6.15. The number of para-hydroxylation sites is 1. The first-order chi connectivity index (χ1) is 9.49. The van der Waals surface area contributed by atoms with Crippen LogP contribution in [0.5, 0.6) is 5.75 Å². The summed E-state index contributed by atoms with van der Waals surface area (Å²) in [6.07, 6.45) is 2.67. The third-order valence-electron chi connectivity index (χ3n) is 3.53. The molecular weight excluding hydrogens is 250 g/mol. The molecule has 0 radical (unpaired) electrons. The van der Waals surface area contributed by atoms with Crippen molar-refractivity contribution in [3.8, 4) is 5.75 Å². The Hall–Kier alpha value is -1.06. The fraction of sp³-hybridized carbons (Fsp3) is 0.647. The molecule has 0 spiro atoms. The molecule has 0 aliphatic heterocycles. The van der Waals surface area contributed by atoms with Gasteiger partial charge in [0.2, 0.25) is 0 Å². The molecule has 0 bridgehead atoms. The Labute approximate surface area is 122 Å². The molecule has 20 heavy (non-hydrogen) atoms. The van der Waals surface area contributed by atoms with Crippen LogP contribution in [0.4, 0.5) is 0 Å². The Morgan fingerprint density at radius 1 is 1.25 bits per heavy atom. The van der Waals surface area contributed by atoms with E-state index in [9.17, 15) is 0 Å². The van der Waals surface area contributed by atoms with Gasteiger partial charge in [-0.2, -0.15) is 0 Å². The summed E-state index contributed by atoms with van der Waals surface area (Å²) >= 11 is 0. The van der Waals surface area contributed by atoms with E-state index in [0.29, 0.717) is 0 Å². The molecule has 1 fully saturated rings. The smallest absolute Gasteiger partial charge is 0.124 e. The third kappa shape index (κ3) is 4.80. The van der Waals surface area contributed by atoms with Gasteiger partial charge in [-0.1, -0.05) is 18.2 Å². The first-order valence-electron chi connectivity index (χ1n) is 7.49. The van der Waals surface area contributed by atoms with E-state index in [1.54, 1.807) is 7.11 Å². The normalized spacial score (nSPS) is 17.0. The zero-order valence-corrected chi connectivity index (χ0v) is 13.1. The lowest BCUT2D eigenvalue weighted by atomic mass is 10.0. The molecule has 3 heteroatoms. The Balaban J connectivity index is 2.06. The minimum absolute atomic E-state index is 0.0472. The second-order valence-electron chi connectivity index (χ2n) is 6.64. The molecular formula is C17H27NO2. The number of ether oxygens (including phenoxy) is 2. The average Bonchev–Trinajstić information content (AvgIpc) is 3.22. The Morgan fingerprint density at radius 2 is 1.95 bits per heavy atom. The molecule has 1 N–H and O–H groups in total. The lowest BCUT2D eigenvalue weighted by Crippen LogP contribution is -2.39. The highest BCUT2D eigenvalue weighted by Crippen LogP contribution is 2.33. The average molecular weight is 277 g/mol. The topological polar surface area (TPSA) is 30.5 Å². The standard InChI is InChI=1S/C17H27NO2/c1-17(2,3)18-11-16(20-12-13-9-10-13)14-7-5-6-8-15(14)19-4/h5-8,13,16,18H,9-12H2,1-4H3. The molecule has 3 nitrogen and oxygen atoms in total. The van der Waals surface area contributed by atoms with Crippen molar-refractivity contribution in [3.63, 3.8) is 0 Å². The molecule has 1 saturated carbocycles. The number of rotatable bonds is 7. The Morgan fingerprint density at radius 3 is 2.55 bits per heavy atom. The van der Waals surface area contributed by atoms with Crippen molar-refractivity contribution in [1.29, 1.82) is 0 Å². The van der Waals surface area contributed by atoms with Crippen LogP contribution in [-0.4, -0.2) is 25.8 Å². The zero-order valence-electron chi connectivity index (χ0n) is 13.1. The molecule has 0 aromatic heterocycles. The number of benzene rings is 1. The van der Waals surface area contributed by atoms with E-state index in [-0.39, 0.29) is 11.6 Å². The van der Waals surface area contributed by atoms with Gasteiger partial charge in [0.1, 0.15) is 5.75 Å². The summed E-state index contributed by atoms with van der Waals surface area (Å²) in [4.78, 5) is 0. The van der Waals surface area contributed by atoms with Crippen LogP contribution in [0.1, 0.15) is 45.3 Å². The lowest BCUT2D eigenvalue weighted by molar-refractivity contribution is 0.0397. The molecule has 0 amide bonds. The first kappa shape index (κ1) is 15.3. The SMILES string of the molecule is COc1ccccc1C(CNC(C)(C)C)OCC1CC1. The summed E-state index contributed by atoms with van der Waals surface area (Å²) in [7, 11) is 1.72. The van der Waals surface area contributed by atoms with Gasteiger partial charge in [0.05, 0.1) is 19.8 Å². The van der Waals surface area contributed by atoms with Gasteiger partial charge >= 0.3 is 0 Å². The van der Waals surface area contributed by atoms with Crippen LogP contribution in [0.15, 0.2) is 24.3 Å². The van der Waals surface area contributed by atoms with Crippen molar-refractivity contribution >= 4 is 0 Å². The van der Waals surface area contributed by atoms with E-state index in [2.05, 4.69) is 32.2 Å². The molecule has 1 aliphatic rings. The minimum Gasteiger partial charge on any atom is -0.496 e. The molecule has 1 aromatic rings. The second-order valence-corrected chi connectivity index (χ2v) is 6.64. The molecule has 1 aromatic carbocycles. The molecule has 0 saturated heterocycles. The Bertz CT molecular complexity index is 421. The number of hydrogen-bond acceptors (Lipinski definition) is 3. The van der Waals surface area contributed by atoms with Crippen LogP contribution in [0.25, 0.3) is 0 Å². The maximum Gasteiger partial charge on any atom is 0.124 e. The summed E-state index contributed by atoms with van der Waals surface area (Å²) < 4.78 is 11.6. The fourth-order valence-corrected chi connectivity index (χ4v) is 2.13. The van der Waals surface area contributed by atoms with Crippen molar-refractivity contribution in [2.24, 2.45) is 5.92 Å². The van der Waals surface area contributed by atoms with Crippen molar-refractivity contribution in [2.45, 2.75) is 45.3 Å². The minimum atomic E-state index is 0.0472. The van der Waals surface area contributed by atoms with Gasteiger partial charge in [0.15, 0.2) is 0 Å². The van der Waals surface area contributed by atoms with Crippen LogP contribution in [0, 0.1) is 5.92 Å². The van der Waals surface area contributed by atoms with Gasteiger partial charge in [0.25, 0.3) is 0 Å². The Kier molecular flexibility index (Phi) is 5.06. The van der Waals surface area contributed by atoms with E-state index >= 15 is 0 Å². The fourth-order valence-electron chi connectivity index (χ4n) is 2.13. The van der Waals surface area contributed by atoms with Crippen molar-refractivity contribution in [2.75, 3.05) is 20.3 Å². The monoisotopic (exact) mass is 277 g/mol. The van der Waals surface area contributed by atoms with Gasteiger partial charge < -0.3 is 14.8 Å². The maximum absolute atomic E-state index is 6.15. The van der Waals surface area contributed by atoms with Gasteiger partial charge in [-0.3, -0.25) is 0 Å². The highest BCUT2D eigenvalue weighted by molar-refractivity contribution is 5.35. The second kappa shape index (κ2) is 6.59. The van der Waals surface area contributed by atoms with Crippen LogP contribution >= 0.6 is 0 Å². The number of methoxy groups -OCH3 is 1. The third-order valence-corrected chi connectivity index (χ3v) is 3.53. The number of nitrogens with one attached hydrogen (secondary N) is 1. The molecule has 2 rings (SSSR count). The van der Waals surface area contributed by atoms with Gasteiger partial charge in [-0.25, -0.2) is 0 Å². The van der Waals surface area contributed by atoms with Crippen molar-refractivity contribution < 1.29 is 9.47 Å². The van der Waals surface area contributed by atoms with E-state index in [1.807, 2.05) is 18.2 Å². The van der Waals surface area contributed by atoms with Gasteiger partial charge in [0, 0.05) is 17.6 Å². The summed E-state index contributed by atoms with van der Waals surface area (Å²) in [5.41, 5.74) is 1.22. The molecule has 1 atom stereocenters. The van der Waals surface area contributed by atoms with Crippen LogP contribution in [-0.2, 0) is 4.74 Å². The predicted molar refractivity (Wildman–Crippen MR) is 82.2 cm³/mol. The zero-order chi connectivity index (χ0) is 14.6. The molecule has 0 heterocycles. The van der Waals surface area contributed by atoms with Crippen molar-refractivity contribution in [3.05, 3.63) is 29.8 Å². The van der Waals surface area contributed by atoms with Gasteiger partial charge in [-0.05, 0) is 45.6 Å². The number of hydrogen-bond donors (Lipinski definition) is 1. The molecule has 112 valence electrons. The van der Waals surface area contributed by atoms with Gasteiger partial charge in [-0.15, -0.1) is 0 Å². The van der Waals surface area contributed by atoms with Crippen LogP contribution in [0.2, 0.25) is 0 Å². The van der Waals surface area contributed by atoms with E-state index in [4.69, 9.17) is 9.47 Å². The predicted octanol–water partition coefficient (Wildman–Crippen LogP) is 3.55. The quantitative estimate of drug-likeness (QED) is 0.826. The lowest BCUT2D eigenvalue weighted by Gasteiger charge is -2.26. The van der Waals surface area contributed by atoms with E-state index in [0.717, 1.165) is 30.4 Å². The summed E-state index contributed by atoms with van der Waals surface area (Å²) in [6, 6.07) is 8.14. The highest BCUT2D eigenvalue weighted by Gasteiger charge is 2.25. The van der Waals surface area contributed by atoms with E-state index < -0.39 is 0 Å². The first-order valence-corrected chi connectivity index (χ1v) is 7.49. The van der Waals surface area contributed by atoms with Crippen molar-refractivity contribution in [1.82, 2.24) is 5.32 Å². The summed E-state index contributed by atoms with van der Waals surface area (Å²) in [6.45, 7) is 8.18. The summed E-state index contributed by atoms with van der Waals surface area (Å²) in [5, 5.41) is 3.54. The van der Waals surface area contributed by atoms with E-state index in [1.165, 1.54) is 12.8 Å². The van der Waals surface area contributed by atoms with Crippen LogP contribution < -0.4 is 10.1 Å².